The number of sulfonamides is 1. The number of hydrogen-bond donors (Lipinski definition) is 0. The second-order valence-electron chi connectivity index (χ2n) is 7.78. The summed E-state index contributed by atoms with van der Waals surface area (Å²) in [6.45, 7) is 9.09. The third-order valence-corrected chi connectivity index (χ3v) is 7.00. The first-order valence-corrected chi connectivity index (χ1v) is 11.4. The van der Waals surface area contributed by atoms with E-state index in [2.05, 4.69) is 33.0 Å². The first-order valence-electron chi connectivity index (χ1n) is 9.94. The molecule has 2 aliphatic rings. The minimum Gasteiger partial charge on any atom is -0.353 e. The van der Waals surface area contributed by atoms with Gasteiger partial charge in [0.2, 0.25) is 0 Å². The fraction of sp³-hybridized carbons (Fsp3) is 0.364. The average Bonchev–Trinajstić information content (AvgIpc) is 2.97. The fourth-order valence-electron chi connectivity index (χ4n) is 3.89. The minimum absolute atomic E-state index is 0.329. The Morgan fingerprint density at radius 2 is 1.59 bits per heavy atom. The molecular formula is C22H26N4O2S. The van der Waals surface area contributed by atoms with E-state index < -0.39 is 10.0 Å². The quantitative estimate of drug-likeness (QED) is 0.775. The number of nitrogens with zero attached hydrogens (tertiary/aromatic N) is 4. The lowest BCUT2D eigenvalue weighted by Crippen LogP contribution is -2.49. The second-order valence-corrected chi connectivity index (χ2v) is 9.32. The van der Waals surface area contributed by atoms with Gasteiger partial charge in [0.15, 0.2) is 0 Å². The second kappa shape index (κ2) is 7.63. The molecule has 1 aromatic heterocycles. The summed E-state index contributed by atoms with van der Waals surface area (Å²) in [4.78, 5) is 9.02. The number of hydrogen-bond acceptors (Lipinski definition) is 5. The van der Waals surface area contributed by atoms with Crippen LogP contribution in [0.25, 0.3) is 4.91 Å². The zero-order valence-corrected chi connectivity index (χ0v) is 17.9. The molecule has 0 aliphatic carbocycles. The van der Waals surface area contributed by atoms with Crippen LogP contribution in [0.5, 0.6) is 0 Å². The molecule has 0 amide bonds. The molecule has 2 aliphatic heterocycles. The van der Waals surface area contributed by atoms with Crippen molar-refractivity contribution in [3.63, 3.8) is 0 Å². The molecule has 6 nitrogen and oxygen atoms in total. The molecule has 0 spiro atoms. The van der Waals surface area contributed by atoms with Gasteiger partial charge in [-0.15, -0.1) is 4.40 Å². The van der Waals surface area contributed by atoms with E-state index in [-0.39, 0.29) is 0 Å². The Bertz CT molecular complexity index is 1050. The summed E-state index contributed by atoms with van der Waals surface area (Å²) in [5, 5.41) is 0. The monoisotopic (exact) mass is 410 g/mol. The molecule has 1 aromatic carbocycles. The molecule has 4 rings (SSSR count). The SMILES string of the molecule is CC1=C(c2ccc(C(C)C)cc2)S(=O)(=O)N=C1N1CCN(c2ccccn2)CC1. The third-order valence-electron chi connectivity index (χ3n) is 5.53. The van der Waals surface area contributed by atoms with Gasteiger partial charge in [0, 0.05) is 37.9 Å². The number of amidine groups is 1. The van der Waals surface area contributed by atoms with Crippen LogP contribution in [0, 0.1) is 0 Å². The van der Waals surface area contributed by atoms with Crippen LogP contribution in [0.1, 0.15) is 37.8 Å². The highest BCUT2D eigenvalue weighted by atomic mass is 32.2. The molecule has 0 unspecified atom stereocenters. The minimum atomic E-state index is -3.69. The first kappa shape index (κ1) is 19.6. The van der Waals surface area contributed by atoms with E-state index >= 15 is 0 Å². The van der Waals surface area contributed by atoms with Crippen LogP contribution in [-0.4, -0.2) is 50.3 Å². The number of piperazine rings is 1. The van der Waals surface area contributed by atoms with Crippen molar-refractivity contribution in [1.82, 2.24) is 9.88 Å². The van der Waals surface area contributed by atoms with Crippen LogP contribution in [-0.2, 0) is 10.0 Å². The van der Waals surface area contributed by atoms with Crippen LogP contribution in [0.2, 0.25) is 0 Å². The van der Waals surface area contributed by atoms with Gasteiger partial charge < -0.3 is 9.80 Å². The van der Waals surface area contributed by atoms with Gasteiger partial charge in [-0.05, 0) is 36.1 Å². The smallest absolute Gasteiger partial charge is 0.285 e. The van der Waals surface area contributed by atoms with E-state index in [1.807, 2.05) is 49.4 Å². The van der Waals surface area contributed by atoms with Crippen molar-refractivity contribution >= 4 is 26.6 Å². The maximum Gasteiger partial charge on any atom is 0.285 e. The number of anilines is 1. The van der Waals surface area contributed by atoms with Gasteiger partial charge in [0.1, 0.15) is 16.6 Å². The molecule has 7 heteroatoms. The molecule has 0 N–H and O–H groups in total. The normalized spacial score (nSPS) is 19.1. The molecule has 2 aromatic rings. The number of rotatable bonds is 3. The average molecular weight is 411 g/mol. The van der Waals surface area contributed by atoms with Crippen molar-refractivity contribution in [2.75, 3.05) is 31.1 Å². The Labute approximate surface area is 172 Å². The fourth-order valence-corrected chi connectivity index (χ4v) is 5.37. The maximum atomic E-state index is 12.8. The Kier molecular flexibility index (Phi) is 5.17. The Hall–Kier alpha value is -2.67. The topological polar surface area (TPSA) is 65.9 Å². The van der Waals surface area contributed by atoms with Crippen molar-refractivity contribution in [1.29, 1.82) is 0 Å². The Morgan fingerprint density at radius 1 is 0.931 bits per heavy atom. The lowest BCUT2D eigenvalue weighted by molar-refractivity contribution is 0.385. The van der Waals surface area contributed by atoms with E-state index in [1.165, 1.54) is 5.56 Å². The van der Waals surface area contributed by atoms with E-state index in [4.69, 9.17) is 0 Å². The number of benzene rings is 1. The Balaban J connectivity index is 1.56. The predicted octanol–water partition coefficient (Wildman–Crippen LogP) is 3.50. The number of pyridine rings is 1. The molecule has 1 saturated heterocycles. The highest BCUT2D eigenvalue weighted by Gasteiger charge is 2.34. The van der Waals surface area contributed by atoms with Crippen LogP contribution >= 0.6 is 0 Å². The molecule has 29 heavy (non-hydrogen) atoms. The van der Waals surface area contributed by atoms with Crippen molar-refractivity contribution in [2.24, 2.45) is 4.40 Å². The van der Waals surface area contributed by atoms with Crippen LogP contribution in [0.4, 0.5) is 5.82 Å². The van der Waals surface area contributed by atoms with E-state index in [0.29, 0.717) is 35.3 Å². The molecule has 0 atom stereocenters. The molecule has 3 heterocycles. The molecule has 152 valence electrons. The summed E-state index contributed by atoms with van der Waals surface area (Å²) in [6.07, 6.45) is 1.79. The molecular weight excluding hydrogens is 384 g/mol. The largest absolute Gasteiger partial charge is 0.353 e. The molecule has 0 bridgehead atoms. The van der Waals surface area contributed by atoms with E-state index in [1.54, 1.807) is 6.20 Å². The predicted molar refractivity (Wildman–Crippen MR) is 118 cm³/mol. The van der Waals surface area contributed by atoms with Crippen LogP contribution in [0.15, 0.2) is 58.6 Å². The van der Waals surface area contributed by atoms with Crippen LogP contribution in [0.3, 0.4) is 0 Å². The van der Waals surface area contributed by atoms with Crippen molar-refractivity contribution in [3.8, 4) is 0 Å². The van der Waals surface area contributed by atoms with Crippen LogP contribution < -0.4 is 4.90 Å². The maximum absolute atomic E-state index is 12.8. The summed E-state index contributed by atoms with van der Waals surface area (Å²) in [7, 11) is -3.69. The number of aromatic nitrogens is 1. The summed E-state index contributed by atoms with van der Waals surface area (Å²) < 4.78 is 29.8. The zero-order chi connectivity index (χ0) is 20.6. The summed E-state index contributed by atoms with van der Waals surface area (Å²) >= 11 is 0. The van der Waals surface area contributed by atoms with Gasteiger partial charge in [-0.1, -0.05) is 44.2 Å². The lowest BCUT2D eigenvalue weighted by Gasteiger charge is -2.36. The lowest BCUT2D eigenvalue weighted by atomic mass is 10.0. The van der Waals surface area contributed by atoms with Crippen molar-refractivity contribution in [3.05, 3.63) is 65.4 Å². The summed E-state index contributed by atoms with van der Waals surface area (Å²) in [5.74, 6) is 1.93. The highest BCUT2D eigenvalue weighted by Crippen LogP contribution is 2.34. The van der Waals surface area contributed by atoms with Gasteiger partial charge in [0.05, 0.1) is 0 Å². The van der Waals surface area contributed by atoms with E-state index in [0.717, 1.165) is 24.5 Å². The highest BCUT2D eigenvalue weighted by molar-refractivity contribution is 8.00. The first-order chi connectivity index (χ1) is 13.9. The molecule has 0 saturated carbocycles. The standard InChI is InChI=1S/C22H26N4O2S/c1-16(2)18-7-9-19(10-8-18)21-17(3)22(24-29(21,27)28)26-14-12-25(13-15-26)20-6-4-5-11-23-20/h4-11,16H,12-15H2,1-3H3. The zero-order valence-electron chi connectivity index (χ0n) is 17.0. The van der Waals surface area contributed by atoms with Gasteiger partial charge in [-0.2, -0.15) is 8.42 Å². The van der Waals surface area contributed by atoms with Gasteiger partial charge in [-0.25, -0.2) is 4.98 Å². The molecule has 0 radical (unpaired) electrons. The molecule has 1 fully saturated rings. The van der Waals surface area contributed by atoms with Gasteiger partial charge >= 0.3 is 0 Å². The van der Waals surface area contributed by atoms with Gasteiger partial charge in [-0.3, -0.25) is 0 Å². The van der Waals surface area contributed by atoms with Gasteiger partial charge in [0.25, 0.3) is 10.0 Å². The van der Waals surface area contributed by atoms with E-state index in [9.17, 15) is 8.42 Å². The summed E-state index contributed by atoms with van der Waals surface area (Å²) in [5.41, 5.74) is 2.63. The van der Waals surface area contributed by atoms with Crippen molar-refractivity contribution < 1.29 is 8.42 Å². The summed E-state index contributed by atoms with van der Waals surface area (Å²) in [6, 6.07) is 13.7. The van der Waals surface area contributed by atoms with Crippen molar-refractivity contribution in [2.45, 2.75) is 26.7 Å². The third kappa shape index (κ3) is 3.79. The Morgan fingerprint density at radius 3 is 2.17 bits per heavy atom.